The van der Waals surface area contributed by atoms with Crippen molar-refractivity contribution in [2.75, 3.05) is 24.6 Å². The van der Waals surface area contributed by atoms with E-state index in [-0.39, 0.29) is 6.61 Å². The number of hydrogen-bond donors (Lipinski definition) is 2. The normalized spacial score (nSPS) is 15.6. The molecule has 0 saturated heterocycles. The van der Waals surface area contributed by atoms with E-state index in [0.717, 1.165) is 30.5 Å². The zero-order chi connectivity index (χ0) is 15.1. The first kappa shape index (κ1) is 16.8. The quantitative estimate of drug-likeness (QED) is 0.698. The summed E-state index contributed by atoms with van der Waals surface area (Å²) in [6.45, 7) is 5.06. The first-order valence-corrected chi connectivity index (χ1v) is 8.92. The van der Waals surface area contributed by atoms with Crippen LogP contribution in [0.1, 0.15) is 44.6 Å². The third kappa shape index (κ3) is 4.70. The Morgan fingerprint density at radius 2 is 2.10 bits per heavy atom. The Balaban J connectivity index is 2.21. The summed E-state index contributed by atoms with van der Waals surface area (Å²) in [5.74, 6) is 0. The average molecular weight is 355 g/mol. The van der Waals surface area contributed by atoms with Crippen molar-refractivity contribution in [1.82, 2.24) is 5.32 Å². The molecule has 0 radical (unpaired) electrons. The van der Waals surface area contributed by atoms with E-state index in [1.807, 2.05) is 0 Å². The number of rotatable bonds is 8. The summed E-state index contributed by atoms with van der Waals surface area (Å²) in [5.41, 5.74) is 2.60. The molecule has 0 spiro atoms. The standard InChI is InChI=1S/C17H27BrN2O/c1-2-9-19-13-14-7-8-15(18)12-17(14)20(10-11-21)16-5-3-4-6-16/h7-8,12,16,19,21H,2-6,9-11,13H2,1H3. The van der Waals surface area contributed by atoms with Gasteiger partial charge in [-0.2, -0.15) is 0 Å². The fraction of sp³-hybridized carbons (Fsp3) is 0.647. The Kier molecular flexibility index (Phi) is 7.00. The Morgan fingerprint density at radius 1 is 1.33 bits per heavy atom. The molecule has 1 saturated carbocycles. The van der Waals surface area contributed by atoms with Crippen LogP contribution in [-0.2, 0) is 6.54 Å². The van der Waals surface area contributed by atoms with Crippen molar-refractivity contribution in [1.29, 1.82) is 0 Å². The molecule has 1 aliphatic carbocycles. The van der Waals surface area contributed by atoms with Gasteiger partial charge in [0.25, 0.3) is 0 Å². The van der Waals surface area contributed by atoms with Crippen LogP contribution in [0.15, 0.2) is 22.7 Å². The van der Waals surface area contributed by atoms with Crippen molar-refractivity contribution in [2.24, 2.45) is 0 Å². The largest absolute Gasteiger partial charge is 0.395 e. The van der Waals surface area contributed by atoms with Crippen LogP contribution in [-0.4, -0.2) is 30.8 Å². The monoisotopic (exact) mass is 354 g/mol. The lowest BCUT2D eigenvalue weighted by atomic mass is 10.1. The third-order valence-electron chi connectivity index (χ3n) is 4.21. The number of anilines is 1. The van der Waals surface area contributed by atoms with Crippen LogP contribution in [0.25, 0.3) is 0 Å². The lowest BCUT2D eigenvalue weighted by Crippen LogP contribution is -2.36. The van der Waals surface area contributed by atoms with Crippen molar-refractivity contribution in [3.8, 4) is 0 Å². The predicted molar refractivity (Wildman–Crippen MR) is 92.8 cm³/mol. The second-order valence-corrected chi connectivity index (χ2v) is 6.72. The highest BCUT2D eigenvalue weighted by molar-refractivity contribution is 9.10. The minimum atomic E-state index is 0.213. The van der Waals surface area contributed by atoms with Crippen LogP contribution in [0.3, 0.4) is 0 Å². The molecular formula is C17H27BrN2O. The highest BCUT2D eigenvalue weighted by Crippen LogP contribution is 2.32. The molecule has 1 aromatic rings. The maximum Gasteiger partial charge on any atom is 0.0606 e. The molecule has 0 atom stereocenters. The van der Waals surface area contributed by atoms with Gasteiger partial charge in [-0.25, -0.2) is 0 Å². The molecule has 1 aromatic carbocycles. The van der Waals surface area contributed by atoms with Gasteiger partial charge < -0.3 is 15.3 Å². The smallest absolute Gasteiger partial charge is 0.0606 e. The Bertz CT molecular complexity index is 433. The summed E-state index contributed by atoms with van der Waals surface area (Å²) < 4.78 is 1.11. The Morgan fingerprint density at radius 3 is 2.76 bits per heavy atom. The summed E-state index contributed by atoms with van der Waals surface area (Å²) >= 11 is 3.60. The van der Waals surface area contributed by atoms with E-state index < -0.39 is 0 Å². The first-order chi connectivity index (χ1) is 10.3. The number of hydrogen-bond acceptors (Lipinski definition) is 3. The second kappa shape index (κ2) is 8.76. The topological polar surface area (TPSA) is 35.5 Å². The molecule has 0 heterocycles. The maximum absolute atomic E-state index is 9.46. The van der Waals surface area contributed by atoms with E-state index in [9.17, 15) is 5.11 Å². The van der Waals surface area contributed by atoms with Crippen LogP contribution in [0, 0.1) is 0 Å². The van der Waals surface area contributed by atoms with Crippen molar-refractivity contribution in [2.45, 2.75) is 51.6 Å². The van der Waals surface area contributed by atoms with E-state index in [0.29, 0.717) is 6.04 Å². The molecule has 2 N–H and O–H groups in total. The van der Waals surface area contributed by atoms with Gasteiger partial charge in [-0.1, -0.05) is 41.8 Å². The van der Waals surface area contributed by atoms with E-state index in [4.69, 9.17) is 0 Å². The van der Waals surface area contributed by atoms with E-state index in [1.54, 1.807) is 0 Å². The van der Waals surface area contributed by atoms with Gasteiger partial charge in [0.2, 0.25) is 0 Å². The Labute approximate surface area is 136 Å². The van der Waals surface area contributed by atoms with Crippen LogP contribution in [0.4, 0.5) is 5.69 Å². The van der Waals surface area contributed by atoms with Crippen LogP contribution in [0.5, 0.6) is 0 Å². The molecule has 1 fully saturated rings. The van der Waals surface area contributed by atoms with Crippen molar-refractivity contribution >= 4 is 21.6 Å². The second-order valence-electron chi connectivity index (χ2n) is 5.81. The molecule has 1 aliphatic rings. The number of aliphatic hydroxyl groups is 1. The minimum absolute atomic E-state index is 0.213. The highest BCUT2D eigenvalue weighted by atomic mass is 79.9. The molecule has 21 heavy (non-hydrogen) atoms. The number of nitrogens with one attached hydrogen (secondary N) is 1. The summed E-state index contributed by atoms with van der Waals surface area (Å²) in [6.07, 6.45) is 6.26. The SMILES string of the molecule is CCCNCc1ccc(Br)cc1N(CCO)C1CCCC1. The fourth-order valence-electron chi connectivity index (χ4n) is 3.18. The summed E-state index contributed by atoms with van der Waals surface area (Å²) in [7, 11) is 0. The minimum Gasteiger partial charge on any atom is -0.395 e. The van der Waals surface area contributed by atoms with Crippen LogP contribution in [0.2, 0.25) is 0 Å². The summed E-state index contributed by atoms with van der Waals surface area (Å²) in [6, 6.07) is 7.09. The van der Waals surface area contributed by atoms with E-state index in [2.05, 4.69) is 51.3 Å². The van der Waals surface area contributed by atoms with Gasteiger partial charge in [-0.05, 0) is 43.5 Å². The number of aliphatic hydroxyl groups excluding tert-OH is 1. The highest BCUT2D eigenvalue weighted by Gasteiger charge is 2.24. The summed E-state index contributed by atoms with van der Waals surface area (Å²) in [5, 5.41) is 13.0. The van der Waals surface area contributed by atoms with Crippen molar-refractivity contribution in [3.63, 3.8) is 0 Å². The van der Waals surface area contributed by atoms with Crippen LogP contribution >= 0.6 is 15.9 Å². The number of nitrogens with zero attached hydrogens (tertiary/aromatic N) is 1. The number of halogens is 1. The summed E-state index contributed by atoms with van der Waals surface area (Å²) in [4.78, 5) is 2.42. The van der Waals surface area contributed by atoms with Gasteiger partial charge in [0.05, 0.1) is 6.61 Å². The van der Waals surface area contributed by atoms with E-state index in [1.165, 1.54) is 36.9 Å². The van der Waals surface area contributed by atoms with Gasteiger partial charge in [0.15, 0.2) is 0 Å². The van der Waals surface area contributed by atoms with Gasteiger partial charge in [-0.3, -0.25) is 0 Å². The molecule has 0 aromatic heterocycles. The zero-order valence-corrected chi connectivity index (χ0v) is 14.5. The van der Waals surface area contributed by atoms with E-state index >= 15 is 0 Å². The van der Waals surface area contributed by atoms with Gasteiger partial charge in [0, 0.05) is 29.3 Å². The van der Waals surface area contributed by atoms with Crippen molar-refractivity contribution in [3.05, 3.63) is 28.2 Å². The fourth-order valence-corrected chi connectivity index (χ4v) is 3.53. The Hall–Kier alpha value is -0.580. The number of benzene rings is 1. The third-order valence-corrected chi connectivity index (χ3v) is 4.70. The molecule has 4 heteroatoms. The molecule has 3 nitrogen and oxygen atoms in total. The molecule has 0 aliphatic heterocycles. The molecular weight excluding hydrogens is 328 g/mol. The van der Waals surface area contributed by atoms with Gasteiger partial charge >= 0.3 is 0 Å². The molecule has 0 unspecified atom stereocenters. The predicted octanol–water partition coefficient (Wildman–Crippen LogP) is 3.69. The zero-order valence-electron chi connectivity index (χ0n) is 12.9. The first-order valence-electron chi connectivity index (χ1n) is 8.13. The molecule has 118 valence electrons. The average Bonchev–Trinajstić information content (AvgIpc) is 3.00. The molecule has 0 bridgehead atoms. The molecule has 0 amide bonds. The molecule has 2 rings (SSSR count). The van der Waals surface area contributed by atoms with Crippen molar-refractivity contribution < 1.29 is 5.11 Å². The lowest BCUT2D eigenvalue weighted by Gasteiger charge is -2.32. The van der Waals surface area contributed by atoms with Gasteiger partial charge in [0.1, 0.15) is 0 Å². The van der Waals surface area contributed by atoms with Gasteiger partial charge in [-0.15, -0.1) is 0 Å². The maximum atomic E-state index is 9.46. The lowest BCUT2D eigenvalue weighted by molar-refractivity contribution is 0.297. The van der Waals surface area contributed by atoms with Crippen LogP contribution < -0.4 is 10.2 Å².